The van der Waals surface area contributed by atoms with E-state index in [0.717, 1.165) is 17.5 Å². The molecule has 0 radical (unpaired) electrons. The Balaban J connectivity index is 2.48. The maximum absolute atomic E-state index is 12.3. The van der Waals surface area contributed by atoms with Gasteiger partial charge in [0, 0.05) is 5.57 Å². The smallest absolute Gasteiger partial charge is 0.315 e. The predicted molar refractivity (Wildman–Crippen MR) is 84.6 cm³/mol. The van der Waals surface area contributed by atoms with Crippen LogP contribution in [-0.4, -0.2) is 17.8 Å². The number of ketones is 1. The normalized spacial score (nSPS) is 22.8. The molecule has 0 heterocycles. The van der Waals surface area contributed by atoms with Gasteiger partial charge >= 0.3 is 5.97 Å². The van der Waals surface area contributed by atoms with E-state index in [4.69, 9.17) is 10.3 Å². The Morgan fingerprint density at radius 3 is 2.76 bits per heavy atom. The van der Waals surface area contributed by atoms with Gasteiger partial charge in [0.1, 0.15) is 0 Å². The SMILES string of the molecule is C=C1C(=O)[C@@H](N)CCc2cccc(c2C)C[C@H]1C(=O)OP. The maximum Gasteiger partial charge on any atom is 0.315 e. The number of nitrogens with two attached hydrogens (primary N) is 1. The second-order valence-electron chi connectivity index (χ2n) is 5.43. The molecule has 1 aromatic rings. The molecule has 1 aliphatic rings. The Bertz CT molecular complexity index is 597. The molecule has 0 aliphatic heterocycles. The van der Waals surface area contributed by atoms with Crippen LogP contribution in [0.3, 0.4) is 0 Å². The Labute approximate surface area is 127 Å². The van der Waals surface area contributed by atoms with Crippen molar-refractivity contribution < 1.29 is 14.1 Å². The molecule has 5 heteroatoms. The highest BCUT2D eigenvalue weighted by molar-refractivity contribution is 7.10. The molecule has 2 N–H and O–H groups in total. The Kier molecular flexibility index (Phi) is 4.92. The van der Waals surface area contributed by atoms with E-state index in [-0.39, 0.29) is 11.4 Å². The summed E-state index contributed by atoms with van der Waals surface area (Å²) in [6.07, 6.45) is 1.70. The molecule has 0 saturated carbocycles. The number of carbonyl (C=O) groups is 2. The van der Waals surface area contributed by atoms with Crippen LogP contribution in [0.15, 0.2) is 30.4 Å². The molecule has 1 aromatic carbocycles. The minimum absolute atomic E-state index is 0.238. The maximum atomic E-state index is 12.3. The van der Waals surface area contributed by atoms with Crippen LogP contribution in [0.4, 0.5) is 0 Å². The quantitative estimate of drug-likeness (QED) is 0.635. The second-order valence-corrected chi connectivity index (χ2v) is 5.67. The molecule has 2 rings (SSSR count). The van der Waals surface area contributed by atoms with Gasteiger partial charge in [0.15, 0.2) is 5.78 Å². The van der Waals surface area contributed by atoms with Gasteiger partial charge in [-0.1, -0.05) is 24.8 Å². The highest BCUT2D eigenvalue weighted by Crippen LogP contribution is 2.26. The molecule has 2 bridgehead atoms. The average molecular weight is 305 g/mol. The fraction of sp³-hybridized carbons (Fsp3) is 0.375. The monoisotopic (exact) mass is 305 g/mol. The molecular weight excluding hydrogens is 285 g/mol. The highest BCUT2D eigenvalue weighted by Gasteiger charge is 2.31. The minimum Gasteiger partial charge on any atom is -0.451 e. The molecule has 3 atom stereocenters. The molecule has 0 amide bonds. The third-order valence-electron chi connectivity index (χ3n) is 4.18. The molecule has 4 nitrogen and oxygen atoms in total. The summed E-state index contributed by atoms with van der Waals surface area (Å²) in [5.41, 5.74) is 9.54. The van der Waals surface area contributed by atoms with Gasteiger partial charge in [-0.25, -0.2) is 0 Å². The molecular formula is C16H20NO3P. The molecule has 112 valence electrons. The zero-order valence-corrected chi connectivity index (χ0v) is 13.2. The summed E-state index contributed by atoms with van der Waals surface area (Å²) >= 11 is 0. The van der Waals surface area contributed by atoms with Crippen LogP contribution in [-0.2, 0) is 27.0 Å². The number of fused-ring (bicyclic) bond motifs is 2. The van der Waals surface area contributed by atoms with Gasteiger partial charge in [-0.3, -0.25) is 9.59 Å². The van der Waals surface area contributed by atoms with Gasteiger partial charge in [0.05, 0.1) is 21.4 Å². The summed E-state index contributed by atoms with van der Waals surface area (Å²) in [5.74, 6) is -1.41. The van der Waals surface area contributed by atoms with Crippen LogP contribution in [0.25, 0.3) is 0 Å². The van der Waals surface area contributed by atoms with Gasteiger partial charge < -0.3 is 10.3 Å². The second kappa shape index (κ2) is 6.50. The van der Waals surface area contributed by atoms with Crippen molar-refractivity contribution in [2.45, 2.75) is 32.2 Å². The first-order valence-corrected chi connectivity index (χ1v) is 7.39. The van der Waals surface area contributed by atoms with E-state index in [9.17, 15) is 9.59 Å². The average Bonchev–Trinajstić information content (AvgIpc) is 2.49. The topological polar surface area (TPSA) is 69.4 Å². The number of aryl methyl sites for hydroxylation is 1. The van der Waals surface area contributed by atoms with E-state index in [0.29, 0.717) is 12.8 Å². The highest BCUT2D eigenvalue weighted by atomic mass is 31.0. The summed E-state index contributed by atoms with van der Waals surface area (Å²) in [7, 11) is 1.93. The van der Waals surface area contributed by atoms with Crippen LogP contribution in [0, 0.1) is 12.8 Å². The molecule has 21 heavy (non-hydrogen) atoms. The molecule has 1 aliphatic carbocycles. The van der Waals surface area contributed by atoms with Crippen LogP contribution < -0.4 is 5.73 Å². The number of hydrogen-bond donors (Lipinski definition) is 1. The zero-order chi connectivity index (χ0) is 15.6. The van der Waals surface area contributed by atoms with Gasteiger partial charge in [-0.2, -0.15) is 0 Å². The molecule has 0 fully saturated rings. The third kappa shape index (κ3) is 3.22. The van der Waals surface area contributed by atoms with Crippen LogP contribution in [0.2, 0.25) is 0 Å². The largest absolute Gasteiger partial charge is 0.451 e. The lowest BCUT2D eigenvalue weighted by Gasteiger charge is -2.23. The van der Waals surface area contributed by atoms with Crippen molar-refractivity contribution in [2.75, 3.05) is 0 Å². The summed E-state index contributed by atoms with van der Waals surface area (Å²) in [5, 5.41) is 0. The molecule has 0 aromatic heterocycles. The van der Waals surface area contributed by atoms with E-state index in [1.807, 2.05) is 34.6 Å². The fourth-order valence-electron chi connectivity index (χ4n) is 2.73. The summed E-state index contributed by atoms with van der Waals surface area (Å²) < 4.78 is 4.75. The number of rotatable bonds is 1. The van der Waals surface area contributed by atoms with Crippen molar-refractivity contribution >= 4 is 21.2 Å². The standard InChI is InChI=1S/C16H20NO3P/c1-9-11-4-3-5-12(9)8-13(16(19)20-21)10(2)15(18)14(17)7-6-11/h3-5,13-14H,2,6-8,17,21H2,1H3/t13-,14+/m1/s1. The lowest BCUT2D eigenvalue weighted by molar-refractivity contribution is -0.137. The van der Waals surface area contributed by atoms with E-state index >= 15 is 0 Å². The third-order valence-corrected chi connectivity index (χ3v) is 4.41. The minimum atomic E-state index is -0.687. The van der Waals surface area contributed by atoms with E-state index in [1.165, 1.54) is 5.56 Å². The number of carbonyl (C=O) groups excluding carboxylic acids is 2. The van der Waals surface area contributed by atoms with Crippen LogP contribution in [0.1, 0.15) is 23.1 Å². The Morgan fingerprint density at radius 1 is 1.43 bits per heavy atom. The van der Waals surface area contributed by atoms with E-state index in [1.54, 1.807) is 0 Å². The predicted octanol–water partition coefficient (Wildman–Crippen LogP) is 1.89. The number of benzene rings is 1. The molecule has 1 unspecified atom stereocenters. The van der Waals surface area contributed by atoms with E-state index < -0.39 is 17.9 Å². The lowest BCUT2D eigenvalue weighted by atomic mass is 9.83. The molecule has 0 saturated heterocycles. The van der Waals surface area contributed by atoms with Crippen molar-refractivity contribution in [1.29, 1.82) is 0 Å². The summed E-state index contributed by atoms with van der Waals surface area (Å²) in [6.45, 7) is 5.83. The fourth-order valence-corrected chi connectivity index (χ4v) is 2.90. The number of Topliss-reactive ketones (excluding diaryl/α,β-unsaturated/α-hetero) is 1. The van der Waals surface area contributed by atoms with Crippen molar-refractivity contribution in [3.8, 4) is 0 Å². The van der Waals surface area contributed by atoms with Crippen molar-refractivity contribution in [1.82, 2.24) is 0 Å². The lowest BCUT2D eigenvalue weighted by Crippen LogP contribution is -2.36. The van der Waals surface area contributed by atoms with E-state index in [2.05, 4.69) is 6.58 Å². The van der Waals surface area contributed by atoms with Crippen LogP contribution >= 0.6 is 9.47 Å². The van der Waals surface area contributed by atoms with Gasteiger partial charge in [-0.05, 0) is 42.9 Å². The first kappa shape index (κ1) is 15.9. The zero-order valence-electron chi connectivity index (χ0n) is 12.1. The first-order valence-electron chi connectivity index (χ1n) is 6.92. The summed E-state index contributed by atoms with van der Waals surface area (Å²) in [4.78, 5) is 24.3. The number of hydrogen-bond acceptors (Lipinski definition) is 4. The summed E-state index contributed by atoms with van der Waals surface area (Å²) in [6, 6.07) is 5.35. The van der Waals surface area contributed by atoms with Crippen LogP contribution in [0.5, 0.6) is 0 Å². The van der Waals surface area contributed by atoms with Crippen molar-refractivity contribution in [2.24, 2.45) is 11.7 Å². The Hall–Kier alpha value is -1.51. The Morgan fingerprint density at radius 2 is 2.10 bits per heavy atom. The van der Waals surface area contributed by atoms with Crippen molar-refractivity contribution in [3.63, 3.8) is 0 Å². The van der Waals surface area contributed by atoms with Crippen molar-refractivity contribution in [3.05, 3.63) is 47.0 Å². The van der Waals surface area contributed by atoms with Gasteiger partial charge in [0.2, 0.25) is 0 Å². The first-order chi connectivity index (χ1) is 9.95. The van der Waals surface area contributed by atoms with Gasteiger partial charge in [0.25, 0.3) is 0 Å². The molecule has 0 spiro atoms. The van der Waals surface area contributed by atoms with Gasteiger partial charge in [-0.15, -0.1) is 0 Å².